The molecule has 118 valence electrons. The molecule has 3 aromatic carbocycles. The second-order valence-corrected chi connectivity index (χ2v) is 7.21. The van der Waals surface area contributed by atoms with Crippen LogP contribution in [0.15, 0.2) is 66.7 Å². The molecule has 1 aliphatic rings. The van der Waals surface area contributed by atoms with Crippen molar-refractivity contribution < 1.29 is 4.79 Å². The van der Waals surface area contributed by atoms with Crippen LogP contribution in [0.3, 0.4) is 0 Å². The van der Waals surface area contributed by atoms with Crippen molar-refractivity contribution in [3.63, 3.8) is 0 Å². The number of ketones is 1. The van der Waals surface area contributed by atoms with Crippen LogP contribution in [0.2, 0.25) is 5.02 Å². The van der Waals surface area contributed by atoms with Gasteiger partial charge in [-0.1, -0.05) is 74.0 Å². The van der Waals surface area contributed by atoms with Crippen LogP contribution in [0.5, 0.6) is 0 Å². The second kappa shape index (κ2) is 5.32. The van der Waals surface area contributed by atoms with E-state index in [9.17, 15) is 4.79 Å². The van der Waals surface area contributed by atoms with Gasteiger partial charge in [0.1, 0.15) is 0 Å². The average Bonchev–Trinajstić information content (AvgIpc) is 2.60. The lowest BCUT2D eigenvalue weighted by molar-refractivity contribution is 0.103. The normalized spacial score (nSPS) is 14.9. The Morgan fingerprint density at radius 2 is 1.50 bits per heavy atom. The highest BCUT2D eigenvalue weighted by atomic mass is 35.5. The molecule has 0 radical (unpaired) electrons. The van der Waals surface area contributed by atoms with Crippen LogP contribution >= 0.6 is 11.6 Å². The summed E-state index contributed by atoms with van der Waals surface area (Å²) in [6.07, 6.45) is 0. The molecule has 2 heteroatoms. The first-order valence-corrected chi connectivity index (χ1v) is 8.41. The quantitative estimate of drug-likeness (QED) is 0.544. The maximum Gasteiger partial charge on any atom is 0.193 e. The van der Waals surface area contributed by atoms with Gasteiger partial charge in [-0.05, 0) is 40.5 Å². The second-order valence-electron chi connectivity index (χ2n) is 6.77. The highest BCUT2D eigenvalue weighted by molar-refractivity contribution is 6.31. The van der Waals surface area contributed by atoms with Gasteiger partial charge in [-0.25, -0.2) is 0 Å². The Kier molecular flexibility index (Phi) is 3.36. The molecule has 3 aromatic rings. The minimum atomic E-state index is -0.242. The van der Waals surface area contributed by atoms with Crippen molar-refractivity contribution in [1.82, 2.24) is 0 Å². The van der Waals surface area contributed by atoms with Gasteiger partial charge in [-0.15, -0.1) is 0 Å². The van der Waals surface area contributed by atoms with Gasteiger partial charge in [0.2, 0.25) is 0 Å². The molecule has 0 N–H and O–H groups in total. The van der Waals surface area contributed by atoms with Gasteiger partial charge in [-0.2, -0.15) is 0 Å². The molecule has 0 saturated heterocycles. The largest absolute Gasteiger partial charge is 0.289 e. The van der Waals surface area contributed by atoms with E-state index in [2.05, 4.69) is 32.0 Å². The fourth-order valence-corrected chi connectivity index (χ4v) is 3.78. The minimum absolute atomic E-state index is 0.0569. The molecular formula is C22H17ClO. The number of fused-ring (bicyclic) bond motifs is 2. The van der Waals surface area contributed by atoms with Crippen LogP contribution in [0, 0.1) is 0 Å². The summed E-state index contributed by atoms with van der Waals surface area (Å²) in [4.78, 5) is 12.9. The first-order chi connectivity index (χ1) is 11.5. The monoisotopic (exact) mass is 332 g/mol. The Morgan fingerprint density at radius 1 is 0.750 bits per heavy atom. The lowest BCUT2D eigenvalue weighted by atomic mass is 9.68. The van der Waals surface area contributed by atoms with Gasteiger partial charge in [0.05, 0.1) is 0 Å². The van der Waals surface area contributed by atoms with Gasteiger partial charge in [0.25, 0.3) is 0 Å². The number of carbonyl (C=O) groups is 1. The number of halogens is 1. The molecule has 24 heavy (non-hydrogen) atoms. The summed E-state index contributed by atoms with van der Waals surface area (Å²) in [5.74, 6) is 0.0569. The standard InChI is InChI=1S/C22H17ClO/c1-22(2)19-11-9-16(23)13-18(19)21(24)17-10-8-15(12-20(17)22)14-6-4-3-5-7-14/h3-13H,1-2H3. The van der Waals surface area contributed by atoms with E-state index in [1.54, 1.807) is 6.07 Å². The van der Waals surface area contributed by atoms with E-state index in [-0.39, 0.29) is 11.2 Å². The molecule has 0 aliphatic heterocycles. The number of benzene rings is 3. The van der Waals surface area contributed by atoms with E-state index in [0.717, 1.165) is 27.8 Å². The van der Waals surface area contributed by atoms with Crippen molar-refractivity contribution >= 4 is 17.4 Å². The summed E-state index contributed by atoms with van der Waals surface area (Å²) in [5.41, 5.74) is 5.65. The molecule has 1 aliphatic carbocycles. The fourth-order valence-electron chi connectivity index (χ4n) is 3.61. The molecule has 0 fully saturated rings. The number of rotatable bonds is 1. The lowest BCUT2D eigenvalue weighted by Gasteiger charge is -2.34. The van der Waals surface area contributed by atoms with E-state index >= 15 is 0 Å². The van der Waals surface area contributed by atoms with E-state index in [0.29, 0.717) is 10.6 Å². The molecular weight excluding hydrogens is 316 g/mol. The van der Waals surface area contributed by atoms with Crippen LogP contribution in [0.25, 0.3) is 11.1 Å². The van der Waals surface area contributed by atoms with Gasteiger partial charge in [0.15, 0.2) is 5.78 Å². The molecule has 0 saturated carbocycles. The zero-order chi connectivity index (χ0) is 16.9. The van der Waals surface area contributed by atoms with Crippen molar-refractivity contribution in [3.05, 3.63) is 94.0 Å². The Hall–Kier alpha value is -2.38. The average molecular weight is 333 g/mol. The topological polar surface area (TPSA) is 17.1 Å². The van der Waals surface area contributed by atoms with Crippen molar-refractivity contribution in [2.24, 2.45) is 0 Å². The molecule has 0 unspecified atom stereocenters. The summed E-state index contributed by atoms with van der Waals surface area (Å²) < 4.78 is 0. The molecule has 0 bridgehead atoms. The number of hydrogen-bond donors (Lipinski definition) is 0. The first-order valence-electron chi connectivity index (χ1n) is 8.03. The van der Waals surface area contributed by atoms with Crippen LogP contribution in [-0.2, 0) is 5.41 Å². The predicted molar refractivity (Wildman–Crippen MR) is 98.9 cm³/mol. The number of carbonyl (C=O) groups excluding carboxylic acids is 1. The van der Waals surface area contributed by atoms with Crippen molar-refractivity contribution in [2.75, 3.05) is 0 Å². The van der Waals surface area contributed by atoms with Crippen LogP contribution in [0.1, 0.15) is 40.9 Å². The van der Waals surface area contributed by atoms with Crippen molar-refractivity contribution in [3.8, 4) is 11.1 Å². The smallest absolute Gasteiger partial charge is 0.193 e. The summed E-state index contributed by atoms with van der Waals surface area (Å²) in [6, 6.07) is 22.0. The molecule has 0 atom stereocenters. The summed E-state index contributed by atoms with van der Waals surface area (Å²) >= 11 is 6.12. The zero-order valence-electron chi connectivity index (χ0n) is 13.6. The molecule has 0 spiro atoms. The maximum atomic E-state index is 12.9. The van der Waals surface area contributed by atoms with E-state index < -0.39 is 0 Å². The molecule has 1 nitrogen and oxygen atoms in total. The van der Waals surface area contributed by atoms with Crippen LogP contribution in [-0.4, -0.2) is 5.78 Å². The molecule has 4 rings (SSSR count). The van der Waals surface area contributed by atoms with Crippen molar-refractivity contribution in [1.29, 1.82) is 0 Å². The SMILES string of the molecule is CC1(C)c2ccc(Cl)cc2C(=O)c2ccc(-c3ccccc3)cc21. The van der Waals surface area contributed by atoms with E-state index in [1.807, 2.05) is 42.5 Å². The predicted octanol–water partition coefficient (Wildman–Crippen LogP) is 5.88. The lowest BCUT2D eigenvalue weighted by Crippen LogP contribution is -2.30. The first kappa shape index (κ1) is 15.2. The van der Waals surface area contributed by atoms with Gasteiger partial charge >= 0.3 is 0 Å². The fraction of sp³-hybridized carbons (Fsp3) is 0.136. The Labute approximate surface area is 146 Å². The van der Waals surface area contributed by atoms with Gasteiger partial charge < -0.3 is 0 Å². The minimum Gasteiger partial charge on any atom is -0.289 e. The summed E-state index contributed by atoms with van der Waals surface area (Å²) in [5, 5.41) is 0.599. The highest BCUT2D eigenvalue weighted by Crippen LogP contribution is 2.43. The Bertz CT molecular complexity index is 955. The van der Waals surface area contributed by atoms with Crippen LogP contribution < -0.4 is 0 Å². The third-order valence-electron chi connectivity index (χ3n) is 4.94. The maximum absolute atomic E-state index is 12.9. The zero-order valence-corrected chi connectivity index (χ0v) is 14.4. The molecule has 0 heterocycles. The van der Waals surface area contributed by atoms with Gasteiger partial charge in [0, 0.05) is 21.6 Å². The number of hydrogen-bond acceptors (Lipinski definition) is 1. The Morgan fingerprint density at radius 3 is 2.25 bits per heavy atom. The van der Waals surface area contributed by atoms with Crippen molar-refractivity contribution in [2.45, 2.75) is 19.3 Å². The summed E-state index contributed by atoms with van der Waals surface area (Å²) in [6.45, 7) is 4.33. The highest BCUT2D eigenvalue weighted by Gasteiger charge is 2.36. The van der Waals surface area contributed by atoms with E-state index in [4.69, 9.17) is 11.6 Å². The molecule has 0 aromatic heterocycles. The van der Waals surface area contributed by atoms with E-state index in [1.165, 1.54) is 0 Å². The Balaban J connectivity index is 1.94. The third-order valence-corrected chi connectivity index (χ3v) is 5.18. The summed E-state index contributed by atoms with van der Waals surface area (Å²) in [7, 11) is 0. The third kappa shape index (κ3) is 2.20. The van der Waals surface area contributed by atoms with Gasteiger partial charge in [-0.3, -0.25) is 4.79 Å². The van der Waals surface area contributed by atoms with Crippen LogP contribution in [0.4, 0.5) is 0 Å². The molecule has 0 amide bonds.